The molecule has 1 aliphatic heterocycles. The molecule has 3 heteroatoms. The van der Waals surface area contributed by atoms with Gasteiger partial charge >= 0.3 is 0 Å². The van der Waals surface area contributed by atoms with Gasteiger partial charge in [-0.1, -0.05) is 13.8 Å². The average molecular weight is 213 g/mol. The number of alkyl halides is 1. The van der Waals surface area contributed by atoms with Gasteiger partial charge in [-0.15, -0.1) is 11.6 Å². The van der Waals surface area contributed by atoms with Crippen LogP contribution in [0.4, 0.5) is 0 Å². The Morgan fingerprint density at radius 1 is 1.43 bits per heavy atom. The molecule has 14 heavy (non-hydrogen) atoms. The van der Waals surface area contributed by atoms with Crippen molar-refractivity contribution in [2.75, 3.05) is 0 Å². The second kappa shape index (κ2) is 3.93. The van der Waals surface area contributed by atoms with Gasteiger partial charge in [0, 0.05) is 13.0 Å². The number of halogens is 1. The Hall–Kier alpha value is -0.500. The first-order valence-electron chi connectivity index (χ1n) is 5.38. The molecule has 0 amide bonds. The van der Waals surface area contributed by atoms with Gasteiger partial charge in [0.1, 0.15) is 5.82 Å². The molecular formula is C11H17ClN2. The van der Waals surface area contributed by atoms with Crippen LogP contribution in [0.15, 0.2) is 0 Å². The number of rotatable bonds is 2. The summed E-state index contributed by atoms with van der Waals surface area (Å²) in [6, 6.07) is 0. The molecule has 1 aromatic rings. The van der Waals surface area contributed by atoms with Gasteiger partial charge in [0.15, 0.2) is 0 Å². The lowest BCUT2D eigenvalue weighted by molar-refractivity contribution is 0.513. The summed E-state index contributed by atoms with van der Waals surface area (Å²) in [5, 5.41) is 0. The van der Waals surface area contributed by atoms with E-state index >= 15 is 0 Å². The van der Waals surface area contributed by atoms with Crippen LogP contribution in [0.1, 0.15) is 49.8 Å². The van der Waals surface area contributed by atoms with Crippen molar-refractivity contribution in [1.82, 2.24) is 9.55 Å². The van der Waals surface area contributed by atoms with Crippen molar-refractivity contribution < 1.29 is 0 Å². The van der Waals surface area contributed by atoms with Gasteiger partial charge in [0.2, 0.25) is 0 Å². The Balaban J connectivity index is 2.46. The summed E-state index contributed by atoms with van der Waals surface area (Å²) in [5.41, 5.74) is 2.45. The van der Waals surface area contributed by atoms with E-state index in [9.17, 15) is 0 Å². The van der Waals surface area contributed by atoms with Crippen LogP contribution in [0, 0.1) is 0 Å². The summed E-state index contributed by atoms with van der Waals surface area (Å²) in [6.45, 7) is 5.48. The summed E-state index contributed by atoms with van der Waals surface area (Å²) in [5.74, 6) is 2.33. The van der Waals surface area contributed by atoms with E-state index in [1.165, 1.54) is 30.1 Å². The minimum Gasteiger partial charge on any atom is -0.331 e. The van der Waals surface area contributed by atoms with Crippen molar-refractivity contribution in [3.8, 4) is 0 Å². The summed E-state index contributed by atoms with van der Waals surface area (Å²) in [7, 11) is 0. The maximum absolute atomic E-state index is 5.99. The predicted molar refractivity (Wildman–Crippen MR) is 58.8 cm³/mol. The van der Waals surface area contributed by atoms with Crippen molar-refractivity contribution >= 4 is 11.6 Å². The van der Waals surface area contributed by atoms with Gasteiger partial charge in [0.05, 0.1) is 17.3 Å². The largest absolute Gasteiger partial charge is 0.331 e. The van der Waals surface area contributed by atoms with E-state index in [0.29, 0.717) is 11.8 Å². The smallest absolute Gasteiger partial charge is 0.109 e. The lowest BCUT2D eigenvalue weighted by atomic mass is 10.1. The SMILES string of the molecule is CC(C)c1nc2n(c1CCl)CCCC2. The molecule has 0 N–H and O–H groups in total. The first kappa shape index (κ1) is 10.0. The van der Waals surface area contributed by atoms with Gasteiger partial charge in [0.25, 0.3) is 0 Å². The monoisotopic (exact) mass is 212 g/mol. The molecule has 2 nitrogen and oxygen atoms in total. The molecule has 2 rings (SSSR count). The molecule has 0 atom stereocenters. The molecule has 2 heterocycles. The third-order valence-corrected chi connectivity index (χ3v) is 3.14. The van der Waals surface area contributed by atoms with Crippen LogP contribution in [-0.4, -0.2) is 9.55 Å². The fourth-order valence-electron chi connectivity index (χ4n) is 2.17. The number of imidazole rings is 1. The number of nitrogens with zero attached hydrogens (tertiary/aromatic N) is 2. The Kier molecular flexibility index (Phi) is 2.82. The van der Waals surface area contributed by atoms with Crippen molar-refractivity contribution in [3.05, 3.63) is 17.2 Å². The Morgan fingerprint density at radius 2 is 2.21 bits per heavy atom. The maximum atomic E-state index is 5.99. The highest BCUT2D eigenvalue weighted by Crippen LogP contribution is 2.25. The zero-order valence-corrected chi connectivity index (χ0v) is 9.64. The van der Waals surface area contributed by atoms with E-state index in [1.807, 2.05) is 0 Å². The van der Waals surface area contributed by atoms with Crippen molar-refractivity contribution in [3.63, 3.8) is 0 Å². The second-order valence-electron chi connectivity index (χ2n) is 4.26. The van der Waals surface area contributed by atoms with E-state index in [0.717, 1.165) is 13.0 Å². The summed E-state index contributed by atoms with van der Waals surface area (Å²) in [4.78, 5) is 4.70. The molecule has 0 bridgehead atoms. The zero-order valence-electron chi connectivity index (χ0n) is 8.89. The van der Waals surface area contributed by atoms with E-state index in [4.69, 9.17) is 16.6 Å². The molecule has 0 aliphatic carbocycles. The van der Waals surface area contributed by atoms with Gasteiger partial charge in [-0.2, -0.15) is 0 Å². The number of aryl methyl sites for hydroxylation is 1. The van der Waals surface area contributed by atoms with E-state index in [2.05, 4.69) is 18.4 Å². The lowest BCUT2D eigenvalue weighted by Crippen LogP contribution is -2.12. The van der Waals surface area contributed by atoms with Crippen LogP contribution in [0.5, 0.6) is 0 Å². The van der Waals surface area contributed by atoms with Crippen molar-refractivity contribution in [1.29, 1.82) is 0 Å². The van der Waals surface area contributed by atoms with E-state index in [-0.39, 0.29) is 0 Å². The predicted octanol–water partition coefficient (Wildman–Crippen LogP) is 3.08. The lowest BCUT2D eigenvalue weighted by Gasteiger charge is -2.15. The quantitative estimate of drug-likeness (QED) is 0.689. The number of aromatic nitrogens is 2. The highest BCUT2D eigenvalue weighted by atomic mass is 35.5. The van der Waals surface area contributed by atoms with Gasteiger partial charge in [-0.05, 0) is 18.8 Å². The second-order valence-corrected chi connectivity index (χ2v) is 4.52. The fraction of sp³-hybridized carbons (Fsp3) is 0.727. The van der Waals surface area contributed by atoms with Crippen molar-refractivity contribution in [2.24, 2.45) is 0 Å². The van der Waals surface area contributed by atoms with Gasteiger partial charge in [-0.25, -0.2) is 4.98 Å². The van der Waals surface area contributed by atoms with E-state index < -0.39 is 0 Å². The highest BCUT2D eigenvalue weighted by Gasteiger charge is 2.20. The number of hydrogen-bond acceptors (Lipinski definition) is 1. The summed E-state index contributed by atoms with van der Waals surface area (Å²) >= 11 is 5.99. The van der Waals surface area contributed by atoms with Crippen LogP contribution in [0.3, 0.4) is 0 Å². The molecule has 0 radical (unpaired) electrons. The summed E-state index contributed by atoms with van der Waals surface area (Å²) in [6.07, 6.45) is 3.66. The molecule has 0 saturated heterocycles. The number of hydrogen-bond donors (Lipinski definition) is 0. The minimum atomic E-state index is 0.488. The molecule has 0 unspecified atom stereocenters. The average Bonchev–Trinajstić information content (AvgIpc) is 2.56. The van der Waals surface area contributed by atoms with E-state index in [1.54, 1.807) is 0 Å². The first-order valence-corrected chi connectivity index (χ1v) is 5.91. The van der Waals surface area contributed by atoms with Crippen molar-refractivity contribution in [2.45, 2.75) is 51.5 Å². The Bertz CT molecular complexity index is 328. The van der Waals surface area contributed by atoms with Crippen LogP contribution in [0.2, 0.25) is 0 Å². The molecular weight excluding hydrogens is 196 g/mol. The molecule has 0 saturated carbocycles. The van der Waals surface area contributed by atoms with Crippen LogP contribution in [-0.2, 0) is 18.8 Å². The molecule has 78 valence electrons. The fourth-order valence-corrected chi connectivity index (χ4v) is 2.45. The third-order valence-electron chi connectivity index (χ3n) is 2.89. The molecule has 1 aliphatic rings. The molecule has 0 fully saturated rings. The zero-order chi connectivity index (χ0) is 10.1. The summed E-state index contributed by atoms with van der Waals surface area (Å²) < 4.78 is 2.33. The topological polar surface area (TPSA) is 17.8 Å². The van der Waals surface area contributed by atoms with Crippen LogP contribution < -0.4 is 0 Å². The molecule has 0 spiro atoms. The Labute approximate surface area is 90.3 Å². The van der Waals surface area contributed by atoms with Gasteiger partial charge < -0.3 is 4.57 Å². The minimum absolute atomic E-state index is 0.488. The third kappa shape index (κ3) is 1.56. The molecule has 1 aromatic heterocycles. The maximum Gasteiger partial charge on any atom is 0.109 e. The van der Waals surface area contributed by atoms with Crippen LogP contribution in [0.25, 0.3) is 0 Å². The Morgan fingerprint density at radius 3 is 2.86 bits per heavy atom. The normalized spacial score (nSPS) is 16.0. The van der Waals surface area contributed by atoms with Gasteiger partial charge in [-0.3, -0.25) is 0 Å². The molecule has 0 aromatic carbocycles. The number of fused-ring (bicyclic) bond motifs is 1. The first-order chi connectivity index (χ1) is 6.74. The van der Waals surface area contributed by atoms with Crippen LogP contribution >= 0.6 is 11.6 Å². The standard InChI is InChI=1S/C11H17ClN2/c1-8(2)11-9(7-12)14-6-4-3-5-10(14)13-11/h8H,3-7H2,1-2H3. The highest BCUT2D eigenvalue weighted by molar-refractivity contribution is 6.17.